The van der Waals surface area contributed by atoms with Crippen molar-refractivity contribution in [1.29, 1.82) is 0 Å². The van der Waals surface area contributed by atoms with Crippen LogP contribution in [-0.4, -0.2) is 50.1 Å². The number of ether oxygens (including phenoxy) is 3. The van der Waals surface area contributed by atoms with Gasteiger partial charge in [0, 0.05) is 13.2 Å². The third-order valence-electron chi connectivity index (χ3n) is 3.48. The minimum Gasteiger partial charge on any atom is -0.497 e. The molecule has 2 N–H and O–H groups in total. The highest BCUT2D eigenvalue weighted by Gasteiger charge is 2.14. The monoisotopic (exact) mass is 339 g/mol. The third-order valence-corrected chi connectivity index (χ3v) is 3.48. The van der Waals surface area contributed by atoms with Crippen LogP contribution in [0.3, 0.4) is 0 Å². The van der Waals surface area contributed by atoms with Crippen LogP contribution in [0, 0.1) is 0 Å². The quantitative estimate of drug-likeness (QED) is 0.569. The summed E-state index contributed by atoms with van der Waals surface area (Å²) in [6.07, 6.45) is 0.692. The van der Waals surface area contributed by atoms with Crippen LogP contribution in [0.5, 0.6) is 5.75 Å². The van der Waals surface area contributed by atoms with Gasteiger partial charge in [-0.15, -0.1) is 0 Å². The Morgan fingerprint density at radius 1 is 1.29 bits per heavy atom. The van der Waals surface area contributed by atoms with Crippen LogP contribution in [0.25, 0.3) is 0 Å². The number of methoxy groups -OCH3 is 1. The molecule has 1 rings (SSSR count). The van der Waals surface area contributed by atoms with Crippen LogP contribution < -0.4 is 10.1 Å². The molecule has 0 aliphatic carbocycles. The molecule has 136 valence electrons. The Bertz CT molecular complexity index is 463. The fourth-order valence-electron chi connectivity index (χ4n) is 1.94. The molecular formula is C18H29NO5. The number of nitrogens with one attached hydrogen (secondary N) is 1. The maximum atomic E-state index is 11.8. The molecule has 2 unspecified atom stereocenters. The van der Waals surface area contributed by atoms with E-state index >= 15 is 0 Å². The van der Waals surface area contributed by atoms with Crippen molar-refractivity contribution in [3.05, 3.63) is 29.8 Å². The van der Waals surface area contributed by atoms with Crippen LogP contribution in [0.4, 0.5) is 0 Å². The molecule has 0 saturated carbocycles. The Kier molecular flexibility index (Phi) is 10.1. The van der Waals surface area contributed by atoms with Gasteiger partial charge in [-0.05, 0) is 31.0 Å². The highest BCUT2D eigenvalue weighted by atomic mass is 16.5. The second-order valence-electron chi connectivity index (χ2n) is 5.63. The van der Waals surface area contributed by atoms with E-state index < -0.39 is 12.2 Å². The molecule has 0 aliphatic rings. The number of aliphatic hydroxyl groups is 1. The number of unbranched alkanes of at least 4 members (excludes halogenated alkanes) is 1. The predicted molar refractivity (Wildman–Crippen MR) is 92.0 cm³/mol. The van der Waals surface area contributed by atoms with Gasteiger partial charge in [0.25, 0.3) is 0 Å². The highest BCUT2D eigenvalue weighted by Crippen LogP contribution is 2.11. The molecule has 2 atom stereocenters. The van der Waals surface area contributed by atoms with Gasteiger partial charge in [0.15, 0.2) is 0 Å². The zero-order valence-electron chi connectivity index (χ0n) is 14.8. The molecule has 0 heterocycles. The smallest absolute Gasteiger partial charge is 0.248 e. The number of aliphatic hydroxyl groups excluding tert-OH is 1. The molecule has 1 aromatic rings. The van der Waals surface area contributed by atoms with Crippen molar-refractivity contribution in [3.8, 4) is 5.75 Å². The lowest BCUT2D eigenvalue weighted by atomic mass is 10.2. The zero-order chi connectivity index (χ0) is 17.8. The Labute approximate surface area is 144 Å². The maximum Gasteiger partial charge on any atom is 0.248 e. The summed E-state index contributed by atoms with van der Waals surface area (Å²) in [5.41, 5.74) is 0.991. The summed E-state index contributed by atoms with van der Waals surface area (Å²) in [5, 5.41) is 12.5. The van der Waals surface area contributed by atoms with E-state index in [9.17, 15) is 9.90 Å². The van der Waals surface area contributed by atoms with E-state index in [1.807, 2.05) is 24.3 Å². The van der Waals surface area contributed by atoms with Crippen molar-refractivity contribution in [1.82, 2.24) is 5.32 Å². The van der Waals surface area contributed by atoms with Gasteiger partial charge >= 0.3 is 0 Å². The second-order valence-corrected chi connectivity index (χ2v) is 5.63. The first-order valence-corrected chi connectivity index (χ1v) is 8.34. The van der Waals surface area contributed by atoms with Gasteiger partial charge < -0.3 is 24.6 Å². The summed E-state index contributed by atoms with van der Waals surface area (Å²) in [6.45, 7) is 5.03. The number of amides is 1. The summed E-state index contributed by atoms with van der Waals surface area (Å²) in [4.78, 5) is 11.8. The van der Waals surface area contributed by atoms with E-state index in [1.54, 1.807) is 14.0 Å². The first kappa shape index (κ1) is 20.4. The lowest BCUT2D eigenvalue weighted by molar-refractivity contribution is -0.132. The average Bonchev–Trinajstić information content (AvgIpc) is 2.60. The fourth-order valence-corrected chi connectivity index (χ4v) is 1.94. The molecule has 1 aromatic carbocycles. The van der Waals surface area contributed by atoms with Gasteiger partial charge in [0.1, 0.15) is 11.9 Å². The molecule has 0 bridgehead atoms. The Balaban J connectivity index is 2.16. The van der Waals surface area contributed by atoms with Gasteiger partial charge in [-0.3, -0.25) is 4.79 Å². The van der Waals surface area contributed by atoms with E-state index in [1.165, 1.54) is 0 Å². The van der Waals surface area contributed by atoms with Crippen LogP contribution in [-0.2, 0) is 20.9 Å². The summed E-state index contributed by atoms with van der Waals surface area (Å²) >= 11 is 0. The second kappa shape index (κ2) is 11.8. The van der Waals surface area contributed by atoms with Gasteiger partial charge in [-0.2, -0.15) is 0 Å². The van der Waals surface area contributed by atoms with Crippen molar-refractivity contribution in [2.45, 2.75) is 45.5 Å². The number of benzene rings is 1. The fraction of sp³-hybridized carbons (Fsp3) is 0.611. The normalized spacial score (nSPS) is 13.3. The van der Waals surface area contributed by atoms with Crippen molar-refractivity contribution < 1.29 is 24.1 Å². The Morgan fingerprint density at radius 3 is 2.62 bits per heavy atom. The van der Waals surface area contributed by atoms with Crippen LogP contribution in [0.2, 0.25) is 0 Å². The maximum absolute atomic E-state index is 11.8. The topological polar surface area (TPSA) is 77.0 Å². The largest absolute Gasteiger partial charge is 0.497 e. The van der Waals surface area contributed by atoms with Gasteiger partial charge in [-0.1, -0.05) is 25.5 Å². The predicted octanol–water partition coefficient (Wildman–Crippen LogP) is 1.89. The number of carbonyl (C=O) groups excluding carboxylic acids is 1. The van der Waals surface area contributed by atoms with E-state index in [4.69, 9.17) is 14.2 Å². The minimum absolute atomic E-state index is 0.142. The summed E-state index contributed by atoms with van der Waals surface area (Å²) in [5.74, 6) is 0.567. The van der Waals surface area contributed by atoms with Crippen molar-refractivity contribution >= 4 is 5.91 Å². The van der Waals surface area contributed by atoms with E-state index in [-0.39, 0.29) is 19.1 Å². The standard InChI is InChI=1S/C18H29NO5/c1-4-5-10-24-14(2)18(21)19-11-16(20)13-23-12-15-6-8-17(22-3)9-7-15/h6-9,14,16,20H,4-5,10-13H2,1-3H3,(H,19,21). The minimum atomic E-state index is -0.755. The number of hydrogen-bond donors (Lipinski definition) is 2. The molecule has 0 aliphatic heterocycles. The lowest BCUT2D eigenvalue weighted by Gasteiger charge is -2.16. The van der Waals surface area contributed by atoms with E-state index in [0.717, 1.165) is 24.2 Å². The first-order valence-electron chi connectivity index (χ1n) is 8.34. The Hall–Kier alpha value is -1.63. The summed E-state index contributed by atoms with van der Waals surface area (Å²) in [7, 11) is 1.62. The summed E-state index contributed by atoms with van der Waals surface area (Å²) < 4.78 is 15.9. The molecule has 1 amide bonds. The van der Waals surface area contributed by atoms with Crippen molar-refractivity contribution in [3.63, 3.8) is 0 Å². The molecule has 0 radical (unpaired) electrons. The highest BCUT2D eigenvalue weighted by molar-refractivity contribution is 5.80. The first-order chi connectivity index (χ1) is 11.6. The van der Waals surface area contributed by atoms with Crippen LogP contribution in [0.1, 0.15) is 32.3 Å². The van der Waals surface area contributed by atoms with Gasteiger partial charge in [-0.25, -0.2) is 0 Å². The molecular weight excluding hydrogens is 310 g/mol. The number of rotatable bonds is 12. The number of carbonyl (C=O) groups is 1. The number of hydrogen-bond acceptors (Lipinski definition) is 5. The van der Waals surface area contributed by atoms with E-state index in [2.05, 4.69) is 12.2 Å². The van der Waals surface area contributed by atoms with Crippen molar-refractivity contribution in [2.24, 2.45) is 0 Å². The average molecular weight is 339 g/mol. The van der Waals surface area contributed by atoms with Crippen LogP contribution >= 0.6 is 0 Å². The molecule has 6 heteroatoms. The molecule has 0 aromatic heterocycles. The molecule has 6 nitrogen and oxygen atoms in total. The van der Waals surface area contributed by atoms with E-state index in [0.29, 0.717) is 13.2 Å². The third kappa shape index (κ3) is 8.29. The van der Waals surface area contributed by atoms with Crippen LogP contribution in [0.15, 0.2) is 24.3 Å². The summed E-state index contributed by atoms with van der Waals surface area (Å²) in [6, 6.07) is 7.52. The molecule has 0 spiro atoms. The zero-order valence-corrected chi connectivity index (χ0v) is 14.8. The lowest BCUT2D eigenvalue weighted by Crippen LogP contribution is -2.40. The van der Waals surface area contributed by atoms with Gasteiger partial charge in [0.2, 0.25) is 5.91 Å². The molecule has 0 saturated heterocycles. The van der Waals surface area contributed by atoms with Gasteiger partial charge in [0.05, 0.1) is 26.4 Å². The molecule has 24 heavy (non-hydrogen) atoms. The van der Waals surface area contributed by atoms with Crippen molar-refractivity contribution in [2.75, 3.05) is 26.9 Å². The Morgan fingerprint density at radius 2 is 2.00 bits per heavy atom. The SMILES string of the molecule is CCCCOC(C)C(=O)NCC(O)COCc1ccc(OC)cc1. The molecule has 0 fully saturated rings.